The molecule has 6 heteroatoms. The summed E-state index contributed by atoms with van der Waals surface area (Å²) in [6, 6.07) is 15.9. The largest absolute Gasteiger partial charge is 0.325 e. The van der Waals surface area contributed by atoms with Crippen LogP contribution in [0.1, 0.15) is 56.0 Å². The van der Waals surface area contributed by atoms with Gasteiger partial charge >= 0.3 is 6.03 Å². The SMILES string of the molecule is CC1CC(C)(C)CC2(C1)NC(=O)N(Cc1ccc(C(=O)Nc3ccccc3)cc1)C2=O. The molecule has 6 nitrogen and oxygen atoms in total. The van der Waals surface area contributed by atoms with Crippen LogP contribution in [0.3, 0.4) is 0 Å². The van der Waals surface area contributed by atoms with Crippen molar-refractivity contribution in [3.63, 3.8) is 0 Å². The lowest BCUT2D eigenvalue weighted by atomic mass is 9.64. The Bertz CT molecular complexity index is 1000. The van der Waals surface area contributed by atoms with Crippen molar-refractivity contribution >= 4 is 23.5 Å². The second kappa shape index (κ2) is 7.84. The third-order valence-electron chi connectivity index (χ3n) is 6.21. The smallest absolute Gasteiger partial charge is 0.323 e. The van der Waals surface area contributed by atoms with Crippen LogP contribution in [0.2, 0.25) is 0 Å². The van der Waals surface area contributed by atoms with Crippen molar-refractivity contribution in [2.45, 2.75) is 52.1 Å². The second-order valence-electron chi connectivity index (χ2n) is 9.78. The van der Waals surface area contributed by atoms with Crippen molar-refractivity contribution in [2.24, 2.45) is 11.3 Å². The summed E-state index contributed by atoms with van der Waals surface area (Å²) in [6.07, 6.45) is 2.38. The Morgan fingerprint density at radius 3 is 2.39 bits per heavy atom. The molecule has 0 aromatic heterocycles. The minimum Gasteiger partial charge on any atom is -0.323 e. The highest BCUT2D eigenvalue weighted by molar-refractivity contribution is 6.07. The van der Waals surface area contributed by atoms with E-state index in [1.807, 2.05) is 30.3 Å². The highest BCUT2D eigenvalue weighted by Gasteiger charge is 2.55. The fourth-order valence-corrected chi connectivity index (χ4v) is 5.32. The van der Waals surface area contributed by atoms with Gasteiger partial charge in [0.25, 0.3) is 11.8 Å². The monoisotopic (exact) mass is 419 g/mol. The molecule has 2 fully saturated rings. The first-order valence-electron chi connectivity index (χ1n) is 10.8. The number of amides is 4. The summed E-state index contributed by atoms with van der Waals surface area (Å²) < 4.78 is 0. The van der Waals surface area contributed by atoms with E-state index in [1.165, 1.54) is 4.90 Å². The number of urea groups is 1. The normalized spacial score (nSPS) is 24.9. The summed E-state index contributed by atoms with van der Waals surface area (Å²) in [7, 11) is 0. The van der Waals surface area contributed by atoms with Gasteiger partial charge in [-0.2, -0.15) is 0 Å². The van der Waals surface area contributed by atoms with Crippen molar-refractivity contribution in [2.75, 3.05) is 5.32 Å². The number of nitrogens with zero attached hydrogens (tertiary/aromatic N) is 1. The van der Waals surface area contributed by atoms with Crippen LogP contribution in [-0.4, -0.2) is 28.3 Å². The molecule has 31 heavy (non-hydrogen) atoms. The van der Waals surface area contributed by atoms with Gasteiger partial charge in [-0.3, -0.25) is 14.5 Å². The fraction of sp³-hybridized carbons (Fsp3) is 0.400. The van der Waals surface area contributed by atoms with E-state index in [0.29, 0.717) is 24.3 Å². The summed E-state index contributed by atoms with van der Waals surface area (Å²) in [5.41, 5.74) is 1.26. The third kappa shape index (κ3) is 4.33. The molecule has 2 aromatic rings. The van der Waals surface area contributed by atoms with Crippen LogP contribution in [0.4, 0.5) is 10.5 Å². The first kappa shape index (κ1) is 21.1. The number of hydrogen-bond donors (Lipinski definition) is 2. The molecule has 1 saturated heterocycles. The Kier molecular flexibility index (Phi) is 5.33. The van der Waals surface area contributed by atoms with Crippen LogP contribution in [0.5, 0.6) is 0 Å². The van der Waals surface area contributed by atoms with Crippen LogP contribution in [0.25, 0.3) is 0 Å². The van der Waals surface area contributed by atoms with Gasteiger partial charge in [-0.1, -0.05) is 51.1 Å². The van der Waals surface area contributed by atoms with Gasteiger partial charge < -0.3 is 10.6 Å². The molecule has 0 bridgehead atoms. The molecule has 1 aliphatic heterocycles. The molecule has 2 aliphatic rings. The standard InChI is InChI=1S/C25H29N3O3/c1-17-13-24(2,3)16-25(14-17)22(30)28(23(31)27-25)15-18-9-11-19(12-10-18)21(29)26-20-7-5-4-6-8-20/h4-12,17H,13-16H2,1-3H3,(H,26,29)(H,27,31). The molecule has 2 N–H and O–H groups in total. The van der Waals surface area contributed by atoms with Crippen molar-refractivity contribution in [3.05, 3.63) is 65.7 Å². The summed E-state index contributed by atoms with van der Waals surface area (Å²) in [4.78, 5) is 39.7. The highest BCUT2D eigenvalue weighted by Crippen LogP contribution is 2.46. The zero-order chi connectivity index (χ0) is 22.2. The maximum absolute atomic E-state index is 13.3. The molecular formula is C25H29N3O3. The van der Waals surface area contributed by atoms with Crippen LogP contribution in [0, 0.1) is 11.3 Å². The van der Waals surface area contributed by atoms with E-state index in [-0.39, 0.29) is 29.8 Å². The van der Waals surface area contributed by atoms with E-state index in [4.69, 9.17) is 0 Å². The first-order valence-corrected chi connectivity index (χ1v) is 10.8. The molecule has 1 aliphatic carbocycles. The summed E-state index contributed by atoms with van der Waals surface area (Å²) >= 11 is 0. The van der Waals surface area contributed by atoms with E-state index < -0.39 is 5.54 Å². The van der Waals surface area contributed by atoms with Crippen molar-refractivity contribution < 1.29 is 14.4 Å². The Labute approximate surface area is 183 Å². The molecule has 2 unspecified atom stereocenters. The number of hydrogen-bond acceptors (Lipinski definition) is 3. The number of nitrogens with one attached hydrogen (secondary N) is 2. The maximum atomic E-state index is 13.3. The van der Waals surface area contributed by atoms with Gasteiger partial charge in [0.05, 0.1) is 6.54 Å². The number of carbonyl (C=O) groups is 3. The number of benzene rings is 2. The van der Waals surface area contributed by atoms with Crippen molar-refractivity contribution in [1.29, 1.82) is 0 Å². The van der Waals surface area contributed by atoms with Gasteiger partial charge in [0, 0.05) is 11.3 Å². The van der Waals surface area contributed by atoms with Gasteiger partial charge in [-0.15, -0.1) is 0 Å². The lowest BCUT2D eigenvalue weighted by molar-refractivity contribution is -0.135. The molecule has 2 aromatic carbocycles. The van der Waals surface area contributed by atoms with Crippen LogP contribution in [0.15, 0.2) is 54.6 Å². The molecule has 0 radical (unpaired) electrons. The van der Waals surface area contributed by atoms with E-state index in [9.17, 15) is 14.4 Å². The summed E-state index contributed by atoms with van der Waals surface area (Å²) in [6.45, 7) is 6.66. The Balaban J connectivity index is 1.45. The number of anilines is 1. The Morgan fingerprint density at radius 1 is 1.06 bits per heavy atom. The van der Waals surface area contributed by atoms with Gasteiger partial charge in [0.1, 0.15) is 5.54 Å². The lowest BCUT2D eigenvalue weighted by Crippen LogP contribution is -2.54. The van der Waals surface area contributed by atoms with Gasteiger partial charge in [-0.25, -0.2) is 4.79 Å². The molecule has 1 heterocycles. The predicted molar refractivity (Wildman–Crippen MR) is 119 cm³/mol. The quantitative estimate of drug-likeness (QED) is 0.712. The first-order chi connectivity index (χ1) is 14.7. The van der Waals surface area contributed by atoms with Gasteiger partial charge in [0.2, 0.25) is 0 Å². The van der Waals surface area contributed by atoms with Gasteiger partial charge in [0.15, 0.2) is 0 Å². The molecule has 4 amide bonds. The fourth-order valence-electron chi connectivity index (χ4n) is 5.32. The average Bonchev–Trinajstić information content (AvgIpc) is 2.91. The maximum Gasteiger partial charge on any atom is 0.325 e. The topological polar surface area (TPSA) is 78.5 Å². The highest BCUT2D eigenvalue weighted by atomic mass is 16.2. The number of imide groups is 1. The zero-order valence-corrected chi connectivity index (χ0v) is 18.3. The predicted octanol–water partition coefficient (Wildman–Crippen LogP) is 4.58. The summed E-state index contributed by atoms with van der Waals surface area (Å²) in [5.74, 6) is 0.0310. The minimum absolute atomic E-state index is 0.00435. The van der Waals surface area contributed by atoms with Gasteiger partial charge in [-0.05, 0) is 60.4 Å². The second-order valence-corrected chi connectivity index (χ2v) is 9.78. The molecular weight excluding hydrogens is 390 g/mol. The Hall–Kier alpha value is -3.15. The minimum atomic E-state index is -0.798. The van der Waals surface area contributed by atoms with Crippen molar-refractivity contribution in [3.8, 4) is 0 Å². The molecule has 2 atom stereocenters. The number of carbonyl (C=O) groups excluding carboxylic acids is 3. The van der Waals surface area contributed by atoms with E-state index in [1.54, 1.807) is 24.3 Å². The lowest BCUT2D eigenvalue weighted by Gasteiger charge is -2.43. The average molecular weight is 420 g/mol. The number of rotatable bonds is 4. The van der Waals surface area contributed by atoms with Crippen molar-refractivity contribution in [1.82, 2.24) is 10.2 Å². The molecule has 1 saturated carbocycles. The molecule has 1 spiro atoms. The van der Waals surface area contributed by atoms with E-state index >= 15 is 0 Å². The number of para-hydroxylation sites is 1. The zero-order valence-electron chi connectivity index (χ0n) is 18.3. The third-order valence-corrected chi connectivity index (χ3v) is 6.21. The van der Waals surface area contributed by atoms with Crippen LogP contribution >= 0.6 is 0 Å². The molecule has 4 rings (SSSR count). The Morgan fingerprint density at radius 2 is 1.74 bits per heavy atom. The van der Waals surface area contributed by atoms with E-state index in [2.05, 4.69) is 31.4 Å². The summed E-state index contributed by atoms with van der Waals surface area (Å²) in [5, 5.41) is 5.85. The molecule has 162 valence electrons. The van der Waals surface area contributed by atoms with Crippen LogP contribution in [-0.2, 0) is 11.3 Å². The van der Waals surface area contributed by atoms with Crippen LogP contribution < -0.4 is 10.6 Å². The van der Waals surface area contributed by atoms with E-state index in [0.717, 1.165) is 17.7 Å².